The van der Waals surface area contributed by atoms with Crippen molar-refractivity contribution in [2.75, 3.05) is 6.54 Å². The second-order valence-corrected chi connectivity index (χ2v) is 21.0. The number of hydrogen-bond acceptors (Lipinski definition) is 9. The van der Waals surface area contributed by atoms with Crippen LogP contribution in [0.5, 0.6) is 5.75 Å². The minimum atomic E-state index is -3.93. The van der Waals surface area contributed by atoms with E-state index in [4.69, 9.17) is 14.5 Å². The first kappa shape index (κ1) is 40.0. The maximum Gasteiger partial charge on any atom is 0.307 e. The van der Waals surface area contributed by atoms with Crippen molar-refractivity contribution in [1.82, 2.24) is 14.6 Å². The molecule has 1 aromatic carbocycles. The number of sulfonamides is 1. The molecule has 11 nitrogen and oxygen atoms in total. The number of esters is 1. The van der Waals surface area contributed by atoms with Crippen LogP contribution >= 0.6 is 0 Å². The summed E-state index contributed by atoms with van der Waals surface area (Å²) in [7, 11) is -3.93. The van der Waals surface area contributed by atoms with Crippen molar-refractivity contribution < 1.29 is 37.1 Å². The molecule has 2 aromatic rings. The zero-order valence-corrected chi connectivity index (χ0v) is 33.6. The number of aromatic nitrogens is 1. The third-order valence-electron chi connectivity index (χ3n) is 14.4. The van der Waals surface area contributed by atoms with Crippen molar-refractivity contribution in [2.45, 2.75) is 165 Å². The molecule has 9 rings (SSSR count). The van der Waals surface area contributed by atoms with E-state index in [0.29, 0.717) is 44.4 Å². The fraction of sp³-hybridized carbons (Fsp3) is 0.667. The van der Waals surface area contributed by atoms with Gasteiger partial charge in [0, 0.05) is 35.6 Å². The van der Waals surface area contributed by atoms with Gasteiger partial charge in [0.25, 0.3) is 0 Å². The second-order valence-electron chi connectivity index (χ2n) is 18.8. The zero-order valence-electron chi connectivity index (χ0n) is 32.8. The van der Waals surface area contributed by atoms with Crippen molar-refractivity contribution >= 4 is 44.5 Å². The van der Waals surface area contributed by atoms with Crippen LogP contribution < -0.4 is 9.46 Å². The highest BCUT2D eigenvalue weighted by molar-refractivity contribution is 7.91. The van der Waals surface area contributed by atoms with E-state index in [0.717, 1.165) is 85.7 Å². The average Bonchev–Trinajstić information content (AvgIpc) is 4.09. The van der Waals surface area contributed by atoms with E-state index in [-0.39, 0.29) is 56.8 Å². The quantitative estimate of drug-likeness (QED) is 0.224. The number of aryl methyl sites for hydroxylation is 1. The molecule has 0 bridgehead atoms. The Morgan fingerprint density at radius 1 is 0.982 bits per heavy atom. The van der Waals surface area contributed by atoms with E-state index in [1.54, 1.807) is 11.8 Å². The molecule has 308 valence electrons. The van der Waals surface area contributed by atoms with Crippen LogP contribution in [0.15, 0.2) is 36.4 Å². The summed E-state index contributed by atoms with van der Waals surface area (Å²) in [6.07, 6.45) is 15.0. The summed E-state index contributed by atoms with van der Waals surface area (Å²) >= 11 is 0. The number of nitrogens with one attached hydrogen (secondary N) is 1. The Labute approximate surface area is 337 Å². The van der Waals surface area contributed by atoms with E-state index in [1.165, 1.54) is 0 Å². The fourth-order valence-electron chi connectivity index (χ4n) is 9.90. The SMILES string of the molecule is C.CC1(OC(=O)C[C@H]2CCCCC/C=C\[C@@H]3C[C@@]3(C(=O)NS(=O)(=O)C3(C)CC3)CC(=O)[C@@H]3C[C@]4(CCc5c(c(C6CC6)nc6ccccc56)O4)CN3C2=O)CCC1. The fourth-order valence-corrected chi connectivity index (χ4v) is 11.2. The monoisotopic (exact) mass is 801 g/mol. The highest BCUT2D eigenvalue weighted by atomic mass is 32.2. The number of rotatable bonds is 7. The van der Waals surface area contributed by atoms with E-state index in [1.807, 2.05) is 37.3 Å². The predicted octanol–water partition coefficient (Wildman–Crippen LogP) is 7.39. The van der Waals surface area contributed by atoms with Crippen LogP contribution in [0.3, 0.4) is 0 Å². The highest BCUT2D eigenvalue weighted by Crippen LogP contribution is 2.58. The molecular formula is C45H59N3O8S. The molecule has 2 amide bonds. The largest absolute Gasteiger partial charge is 0.483 e. The number of ketones is 1. The Balaban J connectivity index is 0.00000455. The molecule has 12 heteroatoms. The summed E-state index contributed by atoms with van der Waals surface area (Å²) in [6.45, 7) is 3.76. The number of carbonyl (C=O) groups excluding carboxylic acids is 4. The molecule has 1 spiro atoms. The number of nitrogens with zero attached hydrogens (tertiary/aromatic N) is 2. The highest BCUT2D eigenvalue weighted by Gasteiger charge is 2.63. The first-order valence-corrected chi connectivity index (χ1v) is 22.6. The number of carbonyl (C=O) groups is 4. The van der Waals surface area contributed by atoms with Crippen molar-refractivity contribution in [3.63, 3.8) is 0 Å². The minimum absolute atomic E-state index is 0. The Morgan fingerprint density at radius 2 is 1.75 bits per heavy atom. The van der Waals surface area contributed by atoms with Crippen LogP contribution in [-0.4, -0.2) is 70.4 Å². The molecule has 3 aliphatic heterocycles. The molecule has 1 N–H and O–H groups in total. The van der Waals surface area contributed by atoms with Crippen LogP contribution in [0.1, 0.15) is 148 Å². The van der Waals surface area contributed by atoms with Gasteiger partial charge in [-0.1, -0.05) is 50.6 Å². The minimum Gasteiger partial charge on any atom is -0.483 e. The van der Waals surface area contributed by atoms with Gasteiger partial charge in [0.15, 0.2) is 5.78 Å². The first-order chi connectivity index (χ1) is 26.7. The molecule has 4 aliphatic carbocycles. The third kappa shape index (κ3) is 7.41. The number of allylic oxidation sites excluding steroid dienone is 2. The summed E-state index contributed by atoms with van der Waals surface area (Å²) in [4.78, 5) is 64.1. The van der Waals surface area contributed by atoms with Crippen LogP contribution in [0.4, 0.5) is 0 Å². The lowest BCUT2D eigenvalue weighted by Gasteiger charge is -2.38. The van der Waals surface area contributed by atoms with Crippen LogP contribution in [0.25, 0.3) is 10.9 Å². The number of hydrogen-bond donors (Lipinski definition) is 1. The molecule has 57 heavy (non-hydrogen) atoms. The summed E-state index contributed by atoms with van der Waals surface area (Å²) < 4.78 is 41.0. The lowest BCUT2D eigenvalue weighted by molar-refractivity contribution is -0.169. The number of amides is 2. The maximum atomic E-state index is 15.0. The van der Waals surface area contributed by atoms with Crippen LogP contribution in [0, 0.1) is 17.3 Å². The number of pyridine rings is 1. The first-order valence-electron chi connectivity index (χ1n) is 21.1. The van der Waals surface area contributed by atoms with Crippen molar-refractivity contribution in [1.29, 1.82) is 0 Å². The Morgan fingerprint density at radius 3 is 2.47 bits per heavy atom. The molecule has 7 aliphatic rings. The van der Waals surface area contributed by atoms with Crippen LogP contribution in [0.2, 0.25) is 0 Å². The van der Waals surface area contributed by atoms with Gasteiger partial charge in [-0.25, -0.2) is 13.4 Å². The smallest absolute Gasteiger partial charge is 0.307 e. The maximum absolute atomic E-state index is 15.0. The van der Waals surface area contributed by atoms with E-state index >= 15 is 0 Å². The van der Waals surface area contributed by atoms with E-state index in [9.17, 15) is 27.6 Å². The molecule has 4 heterocycles. The third-order valence-corrected chi connectivity index (χ3v) is 16.5. The molecule has 4 saturated carbocycles. The van der Waals surface area contributed by atoms with Gasteiger partial charge < -0.3 is 14.4 Å². The molecule has 5 atom stereocenters. The lowest BCUT2D eigenvalue weighted by Crippen LogP contribution is -2.48. The number of para-hydroxylation sites is 1. The molecule has 0 radical (unpaired) electrons. The number of ether oxygens (including phenoxy) is 2. The van der Waals surface area contributed by atoms with Gasteiger partial charge >= 0.3 is 5.97 Å². The number of Topliss-reactive ketones (excluding diaryl/α,β-unsaturated/α-hetero) is 1. The lowest BCUT2D eigenvalue weighted by atomic mass is 9.82. The van der Waals surface area contributed by atoms with Crippen molar-refractivity contribution in [3.05, 3.63) is 47.7 Å². The molecule has 1 aromatic heterocycles. The van der Waals surface area contributed by atoms with Gasteiger partial charge in [-0.05, 0) is 109 Å². The van der Waals surface area contributed by atoms with Gasteiger partial charge in [-0.2, -0.15) is 0 Å². The Kier molecular flexibility index (Phi) is 10.2. The second kappa shape index (κ2) is 14.5. The normalized spacial score (nSPS) is 32.2. The zero-order chi connectivity index (χ0) is 39.1. The Hall–Kier alpha value is -3.80. The standard InChI is InChI=1S/C44H55N3O8S.CH4/c1-41(18-10-19-41)54-36(49)23-29-11-6-4-3-5-7-12-30-24-44(30,40(51)46-56(52,53)42(2)21-22-42)26-35(48)34-25-43(27-47(34)39(29)50)20-17-32-31-13-8-9-14-33(31)45-37(28-15-16-28)38(32)55-43;/h7-9,12-14,28-30,34H,3-6,10-11,15-27H2,1-2H3,(H,46,51);1H4/b12-7-;/t29-,30-,34+,43-,44-;/m1./s1. The summed E-state index contributed by atoms with van der Waals surface area (Å²) in [5.41, 5.74) is 0.415. The summed E-state index contributed by atoms with van der Waals surface area (Å²) in [5.74, 6) is -1.43. The van der Waals surface area contributed by atoms with E-state index in [2.05, 4.69) is 10.8 Å². The van der Waals surface area contributed by atoms with E-state index < -0.39 is 49.3 Å². The molecule has 5 fully saturated rings. The Bertz CT molecular complexity index is 2120. The number of fused-ring (bicyclic) bond motifs is 5. The molecule has 1 saturated heterocycles. The predicted molar refractivity (Wildman–Crippen MR) is 216 cm³/mol. The van der Waals surface area contributed by atoms with Crippen molar-refractivity contribution in [2.24, 2.45) is 17.3 Å². The van der Waals surface area contributed by atoms with Gasteiger partial charge in [0.1, 0.15) is 17.0 Å². The summed E-state index contributed by atoms with van der Waals surface area (Å²) in [5, 5.41) is 1.05. The molecular weight excluding hydrogens is 743 g/mol. The van der Waals surface area contributed by atoms with Gasteiger partial charge in [-0.15, -0.1) is 0 Å². The molecule has 0 unspecified atom stereocenters. The number of benzene rings is 1. The average molecular weight is 802 g/mol. The van der Waals surface area contributed by atoms with Crippen LogP contribution in [-0.2, 0) is 40.4 Å². The van der Waals surface area contributed by atoms with Gasteiger partial charge in [0.2, 0.25) is 21.8 Å². The van der Waals surface area contributed by atoms with Crippen molar-refractivity contribution in [3.8, 4) is 5.75 Å². The topological polar surface area (TPSA) is 149 Å². The van der Waals surface area contributed by atoms with Gasteiger partial charge in [0.05, 0.1) is 40.4 Å². The summed E-state index contributed by atoms with van der Waals surface area (Å²) in [6, 6.07) is 7.22. The van der Waals surface area contributed by atoms with Gasteiger partial charge in [-0.3, -0.25) is 23.9 Å².